The first-order chi connectivity index (χ1) is 16.6. The van der Waals surface area contributed by atoms with E-state index >= 15 is 0 Å². The van der Waals surface area contributed by atoms with E-state index in [1.807, 2.05) is 6.07 Å². The molecule has 2 aromatic carbocycles. The number of hydrogen-bond donors (Lipinski definition) is 1. The molecule has 0 aliphatic carbocycles. The molecule has 0 bridgehead atoms. The summed E-state index contributed by atoms with van der Waals surface area (Å²) in [6.45, 7) is 1.97. The zero-order valence-electron chi connectivity index (χ0n) is 19.6. The summed E-state index contributed by atoms with van der Waals surface area (Å²) >= 11 is 1.32. The van der Waals surface area contributed by atoms with E-state index in [1.54, 1.807) is 38.6 Å². The summed E-state index contributed by atoms with van der Waals surface area (Å²) in [5, 5.41) is 3.48. The molecule has 0 unspecified atom stereocenters. The highest BCUT2D eigenvalue weighted by Gasteiger charge is 2.21. The Balaban J connectivity index is 1.28. The number of thioether (sulfide) groups is 1. The van der Waals surface area contributed by atoms with Crippen molar-refractivity contribution in [1.82, 2.24) is 9.97 Å². The fraction of sp³-hybridized carbons (Fsp3) is 0.346. The lowest BCUT2D eigenvalue weighted by atomic mass is 9.90. The number of carbonyl (C=O) groups excluding carboxylic acids is 1. The number of ether oxygens (including phenoxy) is 2. The maximum atomic E-state index is 12.5. The Morgan fingerprint density at radius 2 is 1.88 bits per heavy atom. The molecule has 1 aliphatic heterocycles. The number of carbonyl (C=O) groups is 1. The Hall–Kier alpha value is -3.26. The van der Waals surface area contributed by atoms with Crippen molar-refractivity contribution in [2.45, 2.75) is 24.4 Å². The lowest BCUT2D eigenvalue weighted by Gasteiger charge is -2.33. The van der Waals surface area contributed by atoms with Gasteiger partial charge < -0.3 is 19.7 Å². The fourth-order valence-corrected chi connectivity index (χ4v) is 4.74. The number of amides is 1. The standard InChI is InChI=1S/C26H30N4O3S/c1-32-21-8-9-22(23(17-21)33-2)28-25(31)18-34-26-27-13-10-24(29-26)30-14-11-20(12-15-30)16-19-6-4-3-5-7-19/h3-10,13,17,20H,11-12,14-16,18H2,1-2H3,(H,28,31). The molecule has 0 atom stereocenters. The summed E-state index contributed by atoms with van der Waals surface area (Å²) < 4.78 is 10.5. The van der Waals surface area contributed by atoms with E-state index in [-0.39, 0.29) is 11.7 Å². The van der Waals surface area contributed by atoms with Crippen molar-refractivity contribution in [2.75, 3.05) is 43.3 Å². The van der Waals surface area contributed by atoms with Gasteiger partial charge >= 0.3 is 0 Å². The molecular formula is C26H30N4O3S. The predicted octanol–water partition coefficient (Wildman–Crippen LogP) is 4.68. The van der Waals surface area contributed by atoms with Crippen LogP contribution in [-0.4, -0.2) is 48.9 Å². The second kappa shape index (κ2) is 11.7. The van der Waals surface area contributed by atoms with Crippen LogP contribution in [0.25, 0.3) is 0 Å². The van der Waals surface area contributed by atoms with Gasteiger partial charge in [0.2, 0.25) is 5.91 Å². The highest BCUT2D eigenvalue weighted by Crippen LogP contribution is 2.30. The number of benzene rings is 2. The number of methoxy groups -OCH3 is 2. The summed E-state index contributed by atoms with van der Waals surface area (Å²) in [6.07, 6.45) is 5.19. The molecule has 1 aromatic heterocycles. The topological polar surface area (TPSA) is 76.6 Å². The first-order valence-corrected chi connectivity index (χ1v) is 12.4. The third-order valence-electron chi connectivity index (χ3n) is 5.94. The highest BCUT2D eigenvalue weighted by molar-refractivity contribution is 7.99. The van der Waals surface area contributed by atoms with Gasteiger partial charge in [0.25, 0.3) is 0 Å². The van der Waals surface area contributed by atoms with Crippen molar-refractivity contribution in [2.24, 2.45) is 5.92 Å². The Morgan fingerprint density at radius 1 is 1.09 bits per heavy atom. The van der Waals surface area contributed by atoms with Gasteiger partial charge in [0.15, 0.2) is 5.16 Å². The summed E-state index contributed by atoms with van der Waals surface area (Å²) in [6, 6.07) is 17.9. The van der Waals surface area contributed by atoms with Crippen LogP contribution in [0.4, 0.5) is 11.5 Å². The van der Waals surface area contributed by atoms with Crippen molar-refractivity contribution >= 4 is 29.2 Å². The molecule has 4 rings (SSSR count). The first-order valence-electron chi connectivity index (χ1n) is 11.4. The van der Waals surface area contributed by atoms with Crippen LogP contribution in [0.2, 0.25) is 0 Å². The lowest BCUT2D eigenvalue weighted by Crippen LogP contribution is -2.35. The smallest absolute Gasteiger partial charge is 0.234 e. The molecule has 0 spiro atoms. The van der Waals surface area contributed by atoms with Crippen LogP contribution in [0.3, 0.4) is 0 Å². The van der Waals surface area contributed by atoms with E-state index in [9.17, 15) is 4.79 Å². The van der Waals surface area contributed by atoms with Gasteiger partial charge in [-0.15, -0.1) is 0 Å². The summed E-state index contributed by atoms with van der Waals surface area (Å²) in [5.41, 5.74) is 2.01. The van der Waals surface area contributed by atoms with Crippen LogP contribution in [0, 0.1) is 5.92 Å². The van der Waals surface area contributed by atoms with E-state index in [1.165, 1.54) is 17.3 Å². The molecule has 8 heteroatoms. The van der Waals surface area contributed by atoms with E-state index in [4.69, 9.17) is 14.5 Å². The number of anilines is 2. The summed E-state index contributed by atoms with van der Waals surface area (Å²) in [4.78, 5) is 23.9. The molecule has 178 valence electrons. The number of hydrogen-bond acceptors (Lipinski definition) is 7. The normalized spacial score (nSPS) is 14.0. The van der Waals surface area contributed by atoms with Crippen LogP contribution in [0.15, 0.2) is 66.0 Å². The maximum absolute atomic E-state index is 12.5. The molecular weight excluding hydrogens is 448 g/mol. The zero-order chi connectivity index (χ0) is 23.8. The van der Waals surface area contributed by atoms with Crippen LogP contribution in [0.5, 0.6) is 11.5 Å². The van der Waals surface area contributed by atoms with Crippen LogP contribution >= 0.6 is 11.8 Å². The fourth-order valence-electron chi connectivity index (χ4n) is 4.11. The van der Waals surface area contributed by atoms with Gasteiger partial charge in [0.1, 0.15) is 17.3 Å². The van der Waals surface area contributed by atoms with E-state index < -0.39 is 0 Å². The summed E-state index contributed by atoms with van der Waals surface area (Å²) in [5.74, 6) is 2.90. The molecule has 1 aliphatic rings. The Labute approximate surface area is 204 Å². The largest absolute Gasteiger partial charge is 0.497 e. The minimum absolute atomic E-state index is 0.149. The van der Waals surface area contributed by atoms with E-state index in [2.05, 4.69) is 45.5 Å². The Bertz CT molecular complexity index is 1090. The Kier molecular flexibility index (Phi) is 8.25. The second-order valence-electron chi connectivity index (χ2n) is 8.22. The van der Waals surface area contributed by atoms with Crippen LogP contribution in [-0.2, 0) is 11.2 Å². The Morgan fingerprint density at radius 3 is 2.62 bits per heavy atom. The number of rotatable bonds is 9. The average Bonchev–Trinajstić information content (AvgIpc) is 2.89. The third-order valence-corrected chi connectivity index (χ3v) is 6.80. The SMILES string of the molecule is COc1ccc(NC(=O)CSc2nccc(N3CCC(Cc4ccccc4)CC3)n2)c(OC)c1. The van der Waals surface area contributed by atoms with Gasteiger partial charge in [-0.2, -0.15) is 0 Å². The molecule has 2 heterocycles. The molecule has 1 N–H and O–H groups in total. The predicted molar refractivity (Wildman–Crippen MR) is 136 cm³/mol. The number of aromatic nitrogens is 2. The van der Waals surface area contributed by atoms with Gasteiger partial charge in [-0.25, -0.2) is 9.97 Å². The van der Waals surface area contributed by atoms with Gasteiger partial charge in [0, 0.05) is 25.4 Å². The van der Waals surface area contributed by atoms with Gasteiger partial charge in [-0.05, 0) is 48.9 Å². The van der Waals surface area contributed by atoms with Crippen molar-refractivity contribution in [3.05, 3.63) is 66.4 Å². The van der Waals surface area contributed by atoms with Crippen LogP contribution < -0.4 is 19.7 Å². The minimum Gasteiger partial charge on any atom is -0.497 e. The minimum atomic E-state index is -0.149. The van der Waals surface area contributed by atoms with E-state index in [0.717, 1.165) is 38.2 Å². The van der Waals surface area contributed by atoms with Gasteiger partial charge in [-0.3, -0.25) is 4.79 Å². The molecule has 34 heavy (non-hydrogen) atoms. The third kappa shape index (κ3) is 6.41. The highest BCUT2D eigenvalue weighted by atomic mass is 32.2. The quantitative estimate of drug-likeness (QED) is 0.353. The van der Waals surface area contributed by atoms with Gasteiger partial charge in [0.05, 0.1) is 25.7 Å². The molecule has 1 fully saturated rings. The molecule has 3 aromatic rings. The second-order valence-corrected chi connectivity index (χ2v) is 9.16. The molecule has 1 amide bonds. The van der Waals surface area contributed by atoms with E-state index in [0.29, 0.717) is 28.3 Å². The number of nitrogens with one attached hydrogen (secondary N) is 1. The number of piperidine rings is 1. The van der Waals surface area contributed by atoms with Crippen LogP contribution in [0.1, 0.15) is 18.4 Å². The van der Waals surface area contributed by atoms with Gasteiger partial charge in [-0.1, -0.05) is 42.1 Å². The molecule has 7 nitrogen and oxygen atoms in total. The molecule has 0 saturated carbocycles. The first kappa shape index (κ1) is 23.9. The zero-order valence-corrected chi connectivity index (χ0v) is 20.4. The van der Waals surface area contributed by atoms with Crippen molar-refractivity contribution in [3.8, 4) is 11.5 Å². The van der Waals surface area contributed by atoms with Crippen molar-refractivity contribution < 1.29 is 14.3 Å². The summed E-state index contributed by atoms with van der Waals surface area (Å²) in [7, 11) is 3.15. The number of nitrogens with zero attached hydrogens (tertiary/aromatic N) is 3. The maximum Gasteiger partial charge on any atom is 0.234 e. The average molecular weight is 479 g/mol. The molecule has 1 saturated heterocycles. The molecule has 0 radical (unpaired) electrons. The monoisotopic (exact) mass is 478 g/mol. The van der Waals surface area contributed by atoms with Crippen molar-refractivity contribution in [3.63, 3.8) is 0 Å². The van der Waals surface area contributed by atoms with Crippen molar-refractivity contribution in [1.29, 1.82) is 0 Å². The lowest BCUT2D eigenvalue weighted by molar-refractivity contribution is -0.113.